The van der Waals surface area contributed by atoms with Gasteiger partial charge in [-0.05, 0) is 55.7 Å². The number of sulfone groups is 1. The van der Waals surface area contributed by atoms with Crippen molar-refractivity contribution in [2.24, 2.45) is 22.5 Å². The molecular weight excluding hydrogens is 515 g/mol. The Balaban J connectivity index is 1.64. The highest BCUT2D eigenvalue weighted by Crippen LogP contribution is 2.66. The molecule has 1 amide bonds. The lowest BCUT2D eigenvalue weighted by Crippen LogP contribution is -2.44. The van der Waals surface area contributed by atoms with Crippen molar-refractivity contribution in [3.63, 3.8) is 0 Å². The molecule has 2 aliphatic rings. The van der Waals surface area contributed by atoms with Crippen molar-refractivity contribution in [1.82, 2.24) is 0 Å². The number of carbonyl (C=O) groups is 2. The average molecular weight is 537 g/mol. The number of methoxy groups -OCH3 is 1. The summed E-state index contributed by atoms with van der Waals surface area (Å²) in [6.45, 7) is 0. The second-order valence-electron chi connectivity index (χ2n) is 9.03. The number of aliphatic carboxylic acids is 1. The molecule has 2 aromatic carbocycles. The third-order valence-corrected chi connectivity index (χ3v) is 9.85. The minimum Gasteiger partial charge on any atom is -0.481 e. The van der Waals surface area contributed by atoms with Crippen molar-refractivity contribution in [1.29, 1.82) is 5.26 Å². The van der Waals surface area contributed by atoms with Crippen molar-refractivity contribution >= 4 is 33.3 Å². The summed E-state index contributed by atoms with van der Waals surface area (Å²) in [4.78, 5) is 24.3. The van der Waals surface area contributed by atoms with Gasteiger partial charge in [0.15, 0.2) is 9.84 Å². The van der Waals surface area contributed by atoms with Gasteiger partial charge in [0.2, 0.25) is 5.91 Å². The van der Waals surface area contributed by atoms with E-state index in [1.54, 1.807) is 0 Å². The van der Waals surface area contributed by atoms with Gasteiger partial charge < -0.3 is 20.3 Å². The first-order valence-corrected chi connectivity index (χ1v) is 12.8. The molecule has 2 fully saturated rings. The van der Waals surface area contributed by atoms with Crippen LogP contribution in [0.4, 0.5) is 4.39 Å². The molecule has 5 atom stereocenters. The molecule has 0 aromatic heterocycles. The number of hydrogen-bond acceptors (Lipinski definition) is 7. The molecule has 2 aromatic rings. The number of hydrogen-bond donors (Lipinski definition) is 2. The van der Waals surface area contributed by atoms with Crippen molar-refractivity contribution in [3.05, 3.63) is 53.3 Å². The molecule has 190 valence electrons. The molecule has 0 heterocycles. The van der Waals surface area contributed by atoms with Gasteiger partial charge in [0.25, 0.3) is 0 Å². The summed E-state index contributed by atoms with van der Waals surface area (Å²) < 4.78 is 51.2. The van der Waals surface area contributed by atoms with Crippen LogP contribution in [0.1, 0.15) is 19.3 Å². The van der Waals surface area contributed by atoms with Crippen molar-refractivity contribution in [3.8, 4) is 17.6 Å². The van der Waals surface area contributed by atoms with Gasteiger partial charge in [0, 0.05) is 19.1 Å². The first-order chi connectivity index (χ1) is 16.9. The molecule has 2 saturated carbocycles. The van der Waals surface area contributed by atoms with E-state index in [9.17, 15) is 32.8 Å². The average Bonchev–Trinajstić information content (AvgIpc) is 3.45. The maximum Gasteiger partial charge on any atom is 0.312 e. The van der Waals surface area contributed by atoms with E-state index in [-0.39, 0.29) is 34.9 Å². The third kappa shape index (κ3) is 3.99. The molecule has 0 saturated heterocycles. The Morgan fingerprint density at radius 2 is 1.83 bits per heavy atom. The van der Waals surface area contributed by atoms with Crippen LogP contribution in [0.2, 0.25) is 5.02 Å². The number of primary amides is 1. The summed E-state index contributed by atoms with van der Waals surface area (Å²) >= 11 is 6.30. The number of carboxylic acid groups (broad SMARTS) is 1. The summed E-state index contributed by atoms with van der Waals surface area (Å²) in [5.74, 6) is -3.21. The standard InChI is InChI=1S/C24H22ClFN2O7S/c1-34-20-9-16(10-24(20,22(30)31)19-11-23(19,12-27)21(28)29)36(32,33)18-7-6-15(8-17(18)25)35-14-4-2-13(26)3-5-14/h2-8,16,19-20H,9-11H2,1H3,(H2,28,29)(H,30,31)/t16-,19?,20+,23?,24+/m0/s1. The smallest absolute Gasteiger partial charge is 0.312 e. The molecular formula is C24H22ClFN2O7S. The van der Waals surface area contributed by atoms with Gasteiger partial charge in [-0.1, -0.05) is 11.6 Å². The van der Waals surface area contributed by atoms with Crippen molar-refractivity contribution in [2.75, 3.05) is 7.11 Å². The first kappa shape index (κ1) is 25.9. The maximum absolute atomic E-state index is 13.6. The molecule has 0 radical (unpaired) electrons. The molecule has 0 spiro atoms. The van der Waals surface area contributed by atoms with Gasteiger partial charge in [0.05, 0.1) is 27.3 Å². The minimum absolute atomic E-state index is 0.0893. The zero-order valence-corrected chi connectivity index (χ0v) is 20.6. The summed E-state index contributed by atoms with van der Waals surface area (Å²) in [6.07, 6.45) is -1.72. The Bertz CT molecular complexity index is 1380. The molecule has 2 unspecified atom stereocenters. The number of carboxylic acids is 1. The van der Waals surface area contributed by atoms with Crippen LogP contribution < -0.4 is 10.5 Å². The lowest BCUT2D eigenvalue weighted by atomic mass is 9.75. The monoisotopic (exact) mass is 536 g/mol. The van der Waals surface area contributed by atoms with Gasteiger partial charge in [-0.15, -0.1) is 0 Å². The largest absolute Gasteiger partial charge is 0.481 e. The Morgan fingerprint density at radius 1 is 1.19 bits per heavy atom. The number of amides is 1. The number of rotatable bonds is 8. The number of ether oxygens (including phenoxy) is 2. The lowest BCUT2D eigenvalue weighted by Gasteiger charge is -2.31. The van der Waals surface area contributed by atoms with E-state index in [4.69, 9.17) is 26.8 Å². The van der Waals surface area contributed by atoms with E-state index in [1.165, 1.54) is 49.6 Å². The summed E-state index contributed by atoms with van der Waals surface area (Å²) in [5.41, 5.74) is 1.91. The van der Waals surface area contributed by atoms with Crippen molar-refractivity contribution < 1.29 is 37.0 Å². The highest BCUT2D eigenvalue weighted by Gasteiger charge is 2.75. The third-order valence-electron chi connectivity index (χ3n) is 7.22. The highest BCUT2D eigenvalue weighted by molar-refractivity contribution is 7.92. The Labute approximate surface area is 211 Å². The van der Waals surface area contributed by atoms with E-state index in [0.717, 1.165) is 0 Å². The zero-order valence-electron chi connectivity index (χ0n) is 19.0. The molecule has 0 aliphatic heterocycles. The number of nitriles is 1. The Hall–Kier alpha value is -3.20. The number of halogens is 2. The van der Waals surface area contributed by atoms with Crippen LogP contribution in [0.5, 0.6) is 11.5 Å². The maximum atomic E-state index is 13.6. The van der Waals surface area contributed by atoms with Gasteiger partial charge in [-0.2, -0.15) is 5.26 Å². The Kier molecular flexibility index (Phi) is 6.49. The fourth-order valence-corrected chi connectivity index (χ4v) is 7.62. The minimum atomic E-state index is -4.16. The lowest BCUT2D eigenvalue weighted by molar-refractivity contribution is -0.159. The quantitative estimate of drug-likeness (QED) is 0.520. The van der Waals surface area contributed by atoms with E-state index < -0.39 is 55.6 Å². The van der Waals surface area contributed by atoms with E-state index >= 15 is 0 Å². The van der Waals surface area contributed by atoms with E-state index in [0.29, 0.717) is 5.75 Å². The van der Waals surface area contributed by atoms with Crippen molar-refractivity contribution in [2.45, 2.75) is 35.5 Å². The fraction of sp³-hybridized carbons (Fsp3) is 0.375. The predicted molar refractivity (Wildman–Crippen MR) is 124 cm³/mol. The zero-order chi connectivity index (χ0) is 26.5. The first-order valence-electron chi connectivity index (χ1n) is 10.9. The molecule has 4 rings (SSSR count). The fourth-order valence-electron chi connectivity index (χ4n) is 5.25. The van der Waals surface area contributed by atoms with Crippen LogP contribution in [-0.4, -0.2) is 43.9 Å². The second kappa shape index (κ2) is 9.03. The van der Waals surface area contributed by atoms with Crippen LogP contribution in [0.3, 0.4) is 0 Å². The highest BCUT2D eigenvalue weighted by atomic mass is 35.5. The van der Waals surface area contributed by atoms with Crippen LogP contribution in [-0.2, 0) is 24.2 Å². The van der Waals surface area contributed by atoms with E-state index in [1.807, 2.05) is 6.07 Å². The van der Waals surface area contributed by atoms with Crippen LogP contribution >= 0.6 is 11.6 Å². The molecule has 3 N–H and O–H groups in total. The Morgan fingerprint density at radius 3 is 2.33 bits per heavy atom. The number of benzene rings is 2. The molecule has 12 heteroatoms. The second-order valence-corrected chi connectivity index (χ2v) is 11.6. The van der Waals surface area contributed by atoms with Gasteiger partial charge in [0.1, 0.15) is 28.1 Å². The van der Waals surface area contributed by atoms with Gasteiger partial charge in [-0.25, -0.2) is 12.8 Å². The van der Waals surface area contributed by atoms with Gasteiger partial charge in [-0.3, -0.25) is 9.59 Å². The predicted octanol–water partition coefficient (Wildman–Crippen LogP) is 3.31. The normalized spacial score (nSPS) is 29.3. The number of carbonyl (C=O) groups excluding carboxylic acids is 1. The molecule has 2 aliphatic carbocycles. The number of nitrogens with zero attached hydrogens (tertiary/aromatic N) is 1. The molecule has 9 nitrogen and oxygen atoms in total. The topological polar surface area (TPSA) is 157 Å². The van der Waals surface area contributed by atoms with Crippen LogP contribution in [0.25, 0.3) is 0 Å². The molecule has 36 heavy (non-hydrogen) atoms. The molecule has 0 bridgehead atoms. The summed E-state index contributed by atoms with van der Waals surface area (Å²) in [5, 5.41) is 18.4. The van der Waals surface area contributed by atoms with Crippen LogP contribution in [0.15, 0.2) is 47.4 Å². The summed E-state index contributed by atoms with van der Waals surface area (Å²) in [7, 11) is -2.91. The number of nitrogens with two attached hydrogens (primary N) is 1. The van der Waals surface area contributed by atoms with Crippen LogP contribution in [0, 0.1) is 33.9 Å². The SMILES string of the molecule is CO[C@@H]1C[C@H](S(=O)(=O)c2ccc(Oc3ccc(F)cc3)cc2Cl)C[C@@]1(C(=O)O)C1CC1(C#N)C(N)=O. The van der Waals surface area contributed by atoms with E-state index in [2.05, 4.69) is 0 Å². The summed E-state index contributed by atoms with van der Waals surface area (Å²) in [6, 6.07) is 10.9. The van der Waals surface area contributed by atoms with Gasteiger partial charge >= 0.3 is 5.97 Å².